The minimum absolute atomic E-state index is 0.104. The molecule has 0 aliphatic carbocycles. The first kappa shape index (κ1) is 40.0. The number of carbonyl (C=O) groups excluding carboxylic acids is 4. The molecular weight excluding hydrogens is 713 g/mol. The number of aromatic amines is 2. The zero-order chi connectivity index (χ0) is 39.9. The fraction of sp³-hybridized carbons (Fsp3) is 0.476. The van der Waals surface area contributed by atoms with E-state index in [-0.39, 0.29) is 48.9 Å². The minimum atomic E-state index is -0.686. The quantitative estimate of drug-likeness (QED) is 0.113. The highest BCUT2D eigenvalue weighted by Gasteiger charge is 2.39. The second-order valence-corrected chi connectivity index (χ2v) is 15.1. The van der Waals surface area contributed by atoms with Crippen LogP contribution in [0.5, 0.6) is 0 Å². The third kappa shape index (κ3) is 8.90. The smallest absolute Gasteiger partial charge is 0.407 e. The van der Waals surface area contributed by atoms with E-state index in [0.717, 1.165) is 71.0 Å². The van der Waals surface area contributed by atoms with Crippen LogP contribution in [0, 0.1) is 11.8 Å². The van der Waals surface area contributed by atoms with Crippen LogP contribution >= 0.6 is 0 Å². The maximum Gasteiger partial charge on any atom is 0.407 e. The highest BCUT2D eigenvalue weighted by molar-refractivity contribution is 5.87. The van der Waals surface area contributed by atoms with E-state index in [0.29, 0.717) is 13.1 Å². The number of amides is 4. The van der Waals surface area contributed by atoms with Gasteiger partial charge < -0.3 is 39.9 Å². The summed E-state index contributed by atoms with van der Waals surface area (Å²) >= 11 is 0. The zero-order valence-corrected chi connectivity index (χ0v) is 33.1. The van der Waals surface area contributed by atoms with Gasteiger partial charge in [-0.2, -0.15) is 0 Å². The minimum Gasteiger partial charge on any atom is -0.450 e. The Bertz CT molecular complexity index is 1830. The van der Waals surface area contributed by atoms with E-state index in [1.807, 2.05) is 37.5 Å². The molecule has 2 aliphatic rings. The van der Waals surface area contributed by atoms with Crippen molar-refractivity contribution in [2.75, 3.05) is 26.3 Å². The lowest BCUT2D eigenvalue weighted by Gasteiger charge is -2.30. The number of carbonyl (C=O) groups is 4. The van der Waals surface area contributed by atoms with Gasteiger partial charge in [0, 0.05) is 13.1 Å². The van der Waals surface area contributed by atoms with Gasteiger partial charge in [-0.25, -0.2) is 19.6 Å². The van der Waals surface area contributed by atoms with Gasteiger partial charge in [-0.15, -0.1) is 0 Å². The summed E-state index contributed by atoms with van der Waals surface area (Å²) in [5.41, 5.74) is 5.79. The van der Waals surface area contributed by atoms with Gasteiger partial charge in [0.2, 0.25) is 11.8 Å². The number of aromatic nitrogens is 4. The van der Waals surface area contributed by atoms with Gasteiger partial charge in [0.25, 0.3) is 0 Å². The Balaban J connectivity index is 1.10. The molecule has 4 heterocycles. The molecule has 14 nitrogen and oxygen atoms in total. The maximum atomic E-state index is 13.6. The third-order valence-corrected chi connectivity index (χ3v) is 10.6. The van der Waals surface area contributed by atoms with Crippen LogP contribution in [0.4, 0.5) is 9.59 Å². The Morgan fingerprint density at radius 3 is 1.34 bits per heavy atom. The third-order valence-electron chi connectivity index (χ3n) is 10.6. The van der Waals surface area contributed by atoms with Gasteiger partial charge in [0.1, 0.15) is 23.7 Å². The van der Waals surface area contributed by atoms with Crippen LogP contribution in [-0.4, -0.2) is 92.1 Å². The van der Waals surface area contributed by atoms with E-state index >= 15 is 0 Å². The van der Waals surface area contributed by atoms with Crippen LogP contribution in [0.25, 0.3) is 33.6 Å². The fourth-order valence-corrected chi connectivity index (χ4v) is 7.60. The number of benzene rings is 2. The molecule has 2 saturated heterocycles. The van der Waals surface area contributed by atoms with Crippen molar-refractivity contribution in [1.29, 1.82) is 0 Å². The highest BCUT2D eigenvalue weighted by atomic mass is 16.6. The fourth-order valence-electron chi connectivity index (χ4n) is 7.60. The number of hydrogen-bond donors (Lipinski definition) is 4. The van der Waals surface area contributed by atoms with E-state index in [4.69, 9.17) is 9.47 Å². The summed E-state index contributed by atoms with van der Waals surface area (Å²) in [5.74, 6) is 0.977. The molecule has 4 N–H and O–H groups in total. The second-order valence-electron chi connectivity index (χ2n) is 15.1. The van der Waals surface area contributed by atoms with Crippen LogP contribution in [0.2, 0.25) is 0 Å². The molecule has 0 radical (unpaired) electrons. The molecule has 2 aromatic carbocycles. The molecule has 298 valence electrons. The summed E-state index contributed by atoms with van der Waals surface area (Å²) in [7, 11) is 0. The largest absolute Gasteiger partial charge is 0.450 e. The maximum absolute atomic E-state index is 13.6. The first-order valence-electron chi connectivity index (χ1n) is 19.8. The molecule has 4 aromatic rings. The molecule has 0 spiro atoms. The topological polar surface area (TPSA) is 175 Å². The summed E-state index contributed by atoms with van der Waals surface area (Å²) in [4.78, 5) is 71.5. The predicted molar refractivity (Wildman–Crippen MR) is 212 cm³/mol. The molecule has 4 atom stereocenters. The highest BCUT2D eigenvalue weighted by Crippen LogP contribution is 2.35. The van der Waals surface area contributed by atoms with Crippen molar-refractivity contribution in [3.8, 4) is 33.6 Å². The Morgan fingerprint density at radius 2 is 1.00 bits per heavy atom. The molecule has 2 aliphatic heterocycles. The average molecular weight is 767 g/mol. The molecule has 6 rings (SSSR count). The molecule has 56 heavy (non-hydrogen) atoms. The molecular formula is C42H54N8O6. The second kappa shape index (κ2) is 17.9. The molecule has 4 amide bonds. The summed E-state index contributed by atoms with van der Waals surface area (Å²) in [6, 6.07) is 14.7. The van der Waals surface area contributed by atoms with Crippen molar-refractivity contribution in [1.82, 2.24) is 40.4 Å². The van der Waals surface area contributed by atoms with Crippen molar-refractivity contribution in [3.63, 3.8) is 0 Å². The number of hydrogen-bond acceptors (Lipinski definition) is 8. The van der Waals surface area contributed by atoms with E-state index in [1.54, 1.807) is 26.2 Å². The Labute approximate surface area is 328 Å². The number of likely N-dealkylation sites (tertiary alicyclic amines) is 2. The number of nitrogens with one attached hydrogen (secondary N) is 4. The number of imidazole rings is 2. The number of rotatable bonds is 13. The van der Waals surface area contributed by atoms with Crippen molar-refractivity contribution in [3.05, 3.63) is 72.6 Å². The molecule has 0 saturated carbocycles. The lowest BCUT2D eigenvalue weighted by atomic mass is 10.0. The van der Waals surface area contributed by atoms with Crippen LogP contribution in [0.3, 0.4) is 0 Å². The van der Waals surface area contributed by atoms with Crippen LogP contribution in [0.15, 0.2) is 60.9 Å². The van der Waals surface area contributed by atoms with Crippen LogP contribution < -0.4 is 10.6 Å². The first-order chi connectivity index (χ1) is 27.0. The number of H-pyrrole nitrogens is 2. The number of alkyl carbamates (subject to hydrolysis) is 2. The van der Waals surface area contributed by atoms with Gasteiger partial charge >= 0.3 is 12.2 Å². The predicted octanol–water partition coefficient (Wildman–Crippen LogP) is 7.00. The summed E-state index contributed by atoms with van der Waals surface area (Å²) in [6.45, 7) is 12.8. The van der Waals surface area contributed by atoms with E-state index < -0.39 is 24.3 Å². The van der Waals surface area contributed by atoms with Crippen molar-refractivity contribution in [2.45, 2.75) is 91.4 Å². The summed E-state index contributed by atoms with van der Waals surface area (Å²) < 4.78 is 10.1. The Morgan fingerprint density at radius 1 is 0.643 bits per heavy atom. The lowest BCUT2D eigenvalue weighted by Crippen LogP contribution is -2.51. The number of ether oxygens (including phenoxy) is 2. The molecule has 14 heteroatoms. The lowest BCUT2D eigenvalue weighted by molar-refractivity contribution is -0.136. The Kier molecular flexibility index (Phi) is 12.8. The Hall–Kier alpha value is -5.66. The van der Waals surface area contributed by atoms with Gasteiger partial charge in [0.05, 0.1) is 49.1 Å². The standard InChI is InChI=1S/C42H54N8O6/c1-7-55-41(53)47-35(25(3)4)39(51)49-21-9-11-33(49)37-43-23-31(45-37)29-17-13-27(14-18-29)28-15-19-30(20-16-28)32-24-44-38(46-32)34-12-10-22-50(34)40(52)36(26(5)6)48-42(54)56-8-2/h13-20,23-26,33-36H,7-12,21-22H2,1-6H3,(H,43,45)(H,44,46)(H,47,53)(H,48,54)/t33-,34?,35-,36-/m0/s1. The number of nitrogens with zero attached hydrogens (tertiary/aromatic N) is 4. The van der Waals surface area contributed by atoms with E-state index in [1.165, 1.54) is 0 Å². The van der Waals surface area contributed by atoms with E-state index in [2.05, 4.69) is 79.1 Å². The van der Waals surface area contributed by atoms with E-state index in [9.17, 15) is 19.2 Å². The summed E-state index contributed by atoms with van der Waals surface area (Å²) in [5, 5.41) is 5.49. The van der Waals surface area contributed by atoms with Gasteiger partial charge in [-0.05, 0) is 73.6 Å². The van der Waals surface area contributed by atoms with Crippen LogP contribution in [-0.2, 0) is 19.1 Å². The monoisotopic (exact) mass is 766 g/mol. The summed E-state index contributed by atoms with van der Waals surface area (Å²) in [6.07, 6.45) is 5.69. The molecule has 2 aromatic heterocycles. The first-order valence-corrected chi connectivity index (χ1v) is 19.8. The zero-order valence-electron chi connectivity index (χ0n) is 33.1. The molecule has 0 bridgehead atoms. The molecule has 1 unspecified atom stereocenters. The van der Waals surface area contributed by atoms with Gasteiger partial charge in [-0.3, -0.25) is 9.59 Å². The average Bonchev–Trinajstić information content (AvgIpc) is 4.02. The van der Waals surface area contributed by atoms with Crippen molar-refractivity contribution in [2.24, 2.45) is 11.8 Å². The van der Waals surface area contributed by atoms with Gasteiger partial charge in [-0.1, -0.05) is 76.2 Å². The van der Waals surface area contributed by atoms with Crippen LogP contribution in [0.1, 0.15) is 91.0 Å². The molecule has 2 fully saturated rings. The normalized spacial score (nSPS) is 17.9. The van der Waals surface area contributed by atoms with Crippen molar-refractivity contribution < 1.29 is 28.7 Å². The SMILES string of the molecule is CCOC(=O)N[C@H](C(=O)N1CCCC1c1ncc(-c2ccc(-c3ccc(-c4cnc([C@@H]5CCCN5C(=O)[C@@H](NC(=O)OCC)C(C)C)[nH]4)cc3)cc2)[nH]1)C(C)C. The van der Waals surface area contributed by atoms with Gasteiger partial charge in [0.15, 0.2) is 0 Å². The van der Waals surface area contributed by atoms with Crippen molar-refractivity contribution >= 4 is 24.0 Å².